The molecule has 0 heterocycles. The van der Waals surface area contributed by atoms with Gasteiger partial charge in [0.05, 0.1) is 40.3 Å². The van der Waals surface area contributed by atoms with E-state index in [1.807, 2.05) is 21.1 Å². The minimum Gasteiger partial charge on any atom is -0.545 e. The zero-order valence-electron chi connectivity index (χ0n) is 50.0. The standard InChI is InChI=1S/C65H125NO8/c1-6-8-10-12-14-16-18-20-22-24-25-26-27-28-29-30-31-32-33-34-35-36-37-38-39-40-42-44-46-48-50-52-54-56-63(68)74-61(60-73-65(64(69)70)71-58-57-66(3,4)5)59-72-62(67)55-53-51-49-47-45-43-41-23-21-19-17-15-13-11-9-7-2/h24-25,61,65H,6-23,26-60H2,1-5H3/b25-24-. The highest BCUT2D eigenvalue weighted by molar-refractivity contribution is 5.70. The first-order valence-corrected chi connectivity index (χ1v) is 32.3. The molecule has 2 unspecified atom stereocenters. The molecule has 0 spiro atoms. The monoisotopic (exact) mass is 1050 g/mol. The molecule has 74 heavy (non-hydrogen) atoms. The van der Waals surface area contributed by atoms with Gasteiger partial charge in [-0.1, -0.05) is 289 Å². The van der Waals surface area contributed by atoms with E-state index in [2.05, 4.69) is 26.0 Å². The van der Waals surface area contributed by atoms with Gasteiger partial charge in [-0.05, 0) is 38.5 Å². The van der Waals surface area contributed by atoms with Crippen LogP contribution in [0.15, 0.2) is 12.2 Å². The lowest BCUT2D eigenvalue weighted by Gasteiger charge is -2.26. The number of ether oxygens (including phenoxy) is 4. The normalized spacial score (nSPS) is 12.7. The maximum Gasteiger partial charge on any atom is 0.306 e. The summed E-state index contributed by atoms with van der Waals surface area (Å²) in [5.74, 6) is -2.25. The number of nitrogens with zero attached hydrogens (tertiary/aromatic N) is 1. The first-order chi connectivity index (χ1) is 36.1. The summed E-state index contributed by atoms with van der Waals surface area (Å²) in [6.45, 7) is 4.81. The van der Waals surface area contributed by atoms with Crippen molar-refractivity contribution in [1.29, 1.82) is 0 Å². The van der Waals surface area contributed by atoms with Crippen molar-refractivity contribution < 1.29 is 42.9 Å². The molecule has 0 rings (SSSR count). The highest BCUT2D eigenvalue weighted by Crippen LogP contribution is 2.18. The number of hydrogen-bond donors (Lipinski definition) is 0. The maximum absolute atomic E-state index is 12.9. The zero-order valence-corrected chi connectivity index (χ0v) is 50.0. The number of rotatable bonds is 61. The summed E-state index contributed by atoms with van der Waals surface area (Å²) in [6.07, 6.45) is 64.3. The number of carbonyl (C=O) groups is 3. The van der Waals surface area contributed by atoms with Crippen LogP contribution in [-0.4, -0.2) is 82.3 Å². The van der Waals surface area contributed by atoms with E-state index in [9.17, 15) is 19.5 Å². The van der Waals surface area contributed by atoms with E-state index in [1.54, 1.807) is 0 Å². The van der Waals surface area contributed by atoms with Crippen LogP contribution in [-0.2, 0) is 33.3 Å². The smallest absolute Gasteiger partial charge is 0.306 e. The van der Waals surface area contributed by atoms with Gasteiger partial charge >= 0.3 is 11.9 Å². The summed E-state index contributed by atoms with van der Waals surface area (Å²) in [4.78, 5) is 37.3. The summed E-state index contributed by atoms with van der Waals surface area (Å²) in [7, 11) is 5.94. The Kier molecular flexibility index (Phi) is 55.7. The van der Waals surface area contributed by atoms with E-state index in [1.165, 1.54) is 263 Å². The van der Waals surface area contributed by atoms with Crippen LogP contribution in [0.1, 0.15) is 328 Å². The van der Waals surface area contributed by atoms with Crippen molar-refractivity contribution in [2.24, 2.45) is 0 Å². The number of quaternary nitrogens is 1. The van der Waals surface area contributed by atoms with Crippen LogP contribution in [0.2, 0.25) is 0 Å². The molecule has 0 fully saturated rings. The Bertz CT molecular complexity index is 1220. The van der Waals surface area contributed by atoms with Crippen LogP contribution in [0.25, 0.3) is 0 Å². The van der Waals surface area contributed by atoms with Crippen molar-refractivity contribution in [3.63, 3.8) is 0 Å². The van der Waals surface area contributed by atoms with Crippen molar-refractivity contribution in [3.8, 4) is 0 Å². The summed E-state index contributed by atoms with van der Waals surface area (Å²) in [5.41, 5.74) is 0. The molecule has 9 heteroatoms. The summed E-state index contributed by atoms with van der Waals surface area (Å²) in [5, 5.41) is 11.8. The Morgan fingerprint density at radius 3 is 1.00 bits per heavy atom. The van der Waals surface area contributed by atoms with Gasteiger partial charge in [-0.3, -0.25) is 9.59 Å². The first kappa shape index (κ1) is 72.0. The number of allylic oxidation sites excluding steroid dienone is 2. The third-order valence-corrected chi connectivity index (χ3v) is 14.8. The van der Waals surface area contributed by atoms with Crippen molar-refractivity contribution in [2.75, 3.05) is 47.5 Å². The predicted octanol–water partition coefficient (Wildman–Crippen LogP) is 18.0. The molecule has 0 saturated heterocycles. The quantitative estimate of drug-likeness (QED) is 0.0195. The number of unbranched alkanes of at least 4 members (excludes halogenated alkanes) is 44. The summed E-state index contributed by atoms with van der Waals surface area (Å²) < 4.78 is 22.8. The van der Waals surface area contributed by atoms with Crippen LogP contribution >= 0.6 is 0 Å². The number of carbonyl (C=O) groups excluding carboxylic acids is 3. The molecule has 9 nitrogen and oxygen atoms in total. The Balaban J connectivity index is 4.02. The maximum atomic E-state index is 12.9. The number of hydrogen-bond acceptors (Lipinski definition) is 8. The highest BCUT2D eigenvalue weighted by atomic mass is 16.7. The average molecular weight is 1050 g/mol. The van der Waals surface area contributed by atoms with Gasteiger partial charge in [-0.15, -0.1) is 0 Å². The second-order valence-corrected chi connectivity index (χ2v) is 23.4. The number of carboxylic acid groups (broad SMARTS) is 1. The molecule has 0 aliphatic carbocycles. The lowest BCUT2D eigenvalue weighted by Crippen LogP contribution is -2.44. The van der Waals surface area contributed by atoms with E-state index in [0.717, 1.165) is 38.5 Å². The molecule has 0 aromatic carbocycles. The van der Waals surface area contributed by atoms with E-state index in [0.29, 0.717) is 17.4 Å². The van der Waals surface area contributed by atoms with Gasteiger partial charge < -0.3 is 33.3 Å². The largest absolute Gasteiger partial charge is 0.545 e. The Labute approximate surface area is 459 Å². The van der Waals surface area contributed by atoms with Crippen LogP contribution in [0.3, 0.4) is 0 Å². The first-order valence-electron chi connectivity index (χ1n) is 32.3. The molecule has 2 atom stereocenters. The number of carboxylic acids is 1. The van der Waals surface area contributed by atoms with Crippen molar-refractivity contribution in [3.05, 3.63) is 12.2 Å². The SMILES string of the molecule is CCCCCCCCCC/C=C\CCCCCCCCCCCCCCCCCCCCCCCC(=O)OC(COC(=O)CCCCCCCCCCCCCCCCCC)COC(OCC[N+](C)(C)C)C(=O)[O-]. The summed E-state index contributed by atoms with van der Waals surface area (Å²) in [6, 6.07) is 0. The lowest BCUT2D eigenvalue weighted by molar-refractivity contribution is -0.870. The number of likely N-dealkylation sites (N-methyl/N-ethyl adjacent to an activating group) is 1. The van der Waals surface area contributed by atoms with Crippen molar-refractivity contribution >= 4 is 17.9 Å². The van der Waals surface area contributed by atoms with Gasteiger partial charge in [0.2, 0.25) is 0 Å². The molecular formula is C65H125NO8. The van der Waals surface area contributed by atoms with Crippen LogP contribution < -0.4 is 5.11 Å². The lowest BCUT2D eigenvalue weighted by atomic mass is 10.0. The summed E-state index contributed by atoms with van der Waals surface area (Å²) >= 11 is 0. The fourth-order valence-corrected chi connectivity index (χ4v) is 9.77. The van der Waals surface area contributed by atoms with Crippen molar-refractivity contribution in [1.82, 2.24) is 0 Å². The number of esters is 2. The van der Waals surface area contributed by atoms with Gasteiger partial charge in [0.1, 0.15) is 13.2 Å². The topological polar surface area (TPSA) is 111 Å². The van der Waals surface area contributed by atoms with Crippen LogP contribution in [0.4, 0.5) is 0 Å². The predicted molar refractivity (Wildman–Crippen MR) is 311 cm³/mol. The van der Waals surface area contributed by atoms with Gasteiger partial charge in [-0.25, -0.2) is 0 Å². The van der Waals surface area contributed by atoms with Gasteiger partial charge in [0.15, 0.2) is 12.4 Å². The van der Waals surface area contributed by atoms with Crippen molar-refractivity contribution in [2.45, 2.75) is 341 Å². The fraction of sp³-hybridized carbons (Fsp3) is 0.923. The zero-order chi connectivity index (χ0) is 54.1. The van der Waals surface area contributed by atoms with E-state index in [-0.39, 0.29) is 32.2 Å². The molecule has 0 radical (unpaired) electrons. The number of aliphatic carboxylic acids is 1. The fourth-order valence-electron chi connectivity index (χ4n) is 9.77. The van der Waals surface area contributed by atoms with E-state index in [4.69, 9.17) is 18.9 Å². The van der Waals surface area contributed by atoms with Gasteiger partial charge in [0.25, 0.3) is 0 Å². The molecule has 0 aliphatic rings. The molecule has 438 valence electrons. The molecule has 0 N–H and O–H groups in total. The molecular weight excluding hydrogens is 923 g/mol. The average Bonchev–Trinajstić information content (AvgIpc) is 3.37. The molecule has 0 bridgehead atoms. The van der Waals surface area contributed by atoms with Crippen LogP contribution in [0, 0.1) is 0 Å². The van der Waals surface area contributed by atoms with E-state index >= 15 is 0 Å². The van der Waals surface area contributed by atoms with E-state index < -0.39 is 24.3 Å². The van der Waals surface area contributed by atoms with Crippen LogP contribution in [0.5, 0.6) is 0 Å². The molecule has 0 aromatic rings. The second-order valence-electron chi connectivity index (χ2n) is 23.4. The third kappa shape index (κ3) is 57.7. The highest BCUT2D eigenvalue weighted by Gasteiger charge is 2.22. The Hall–Kier alpha value is -1.97. The minimum atomic E-state index is -1.62. The second kappa shape index (κ2) is 57.2. The minimum absolute atomic E-state index is 0.152. The molecule has 0 aliphatic heterocycles. The van der Waals surface area contributed by atoms with Gasteiger partial charge in [-0.2, -0.15) is 0 Å². The molecule has 0 saturated carbocycles. The van der Waals surface area contributed by atoms with Gasteiger partial charge in [0, 0.05) is 12.8 Å². The molecule has 0 amide bonds. The Morgan fingerprint density at radius 2 is 0.689 bits per heavy atom. The Morgan fingerprint density at radius 1 is 0.392 bits per heavy atom. The molecule has 0 aromatic heterocycles. The third-order valence-electron chi connectivity index (χ3n) is 14.8.